The third-order valence-corrected chi connectivity index (χ3v) is 4.24. The Bertz CT molecular complexity index is 480. The normalized spacial score (nSPS) is 16.2. The molecule has 2 aromatic carbocycles. The number of hydrogen-bond donors (Lipinski definition) is 0. The van der Waals surface area contributed by atoms with Crippen molar-refractivity contribution in [3.05, 3.63) is 71.8 Å². The molecule has 0 amide bonds. The summed E-state index contributed by atoms with van der Waals surface area (Å²) in [5.74, 6) is 0.482. The number of hydrogen-bond acceptors (Lipinski definition) is 2. The zero-order valence-corrected chi connectivity index (χ0v) is 12.4. The van der Waals surface area contributed by atoms with Crippen LogP contribution in [-0.2, 0) is 4.74 Å². The predicted molar refractivity (Wildman–Crippen MR) is 86.6 cm³/mol. The summed E-state index contributed by atoms with van der Waals surface area (Å²) in [7, 11) is 0. The molecule has 0 aromatic heterocycles. The maximum atomic E-state index is 5.43. The van der Waals surface area contributed by atoms with Crippen molar-refractivity contribution >= 4 is 0 Å². The molecule has 0 spiro atoms. The molecule has 0 aliphatic carbocycles. The zero-order valence-electron chi connectivity index (χ0n) is 12.4. The third-order valence-electron chi connectivity index (χ3n) is 4.24. The van der Waals surface area contributed by atoms with Gasteiger partial charge in [-0.15, -0.1) is 0 Å². The number of morpholine rings is 1. The first-order chi connectivity index (χ1) is 10.4. The highest BCUT2D eigenvalue weighted by atomic mass is 16.5. The molecule has 110 valence electrons. The van der Waals surface area contributed by atoms with Crippen LogP contribution >= 0.6 is 0 Å². The number of rotatable bonds is 5. The summed E-state index contributed by atoms with van der Waals surface area (Å²) in [4.78, 5) is 2.52. The van der Waals surface area contributed by atoms with Crippen LogP contribution in [0.5, 0.6) is 0 Å². The highest BCUT2D eigenvalue weighted by Gasteiger charge is 2.17. The van der Waals surface area contributed by atoms with Crippen LogP contribution in [0.25, 0.3) is 0 Å². The summed E-state index contributed by atoms with van der Waals surface area (Å²) in [5, 5.41) is 0. The molecule has 2 nitrogen and oxygen atoms in total. The molecule has 1 fully saturated rings. The molecule has 2 aromatic rings. The molecule has 1 heterocycles. The van der Waals surface area contributed by atoms with Gasteiger partial charge in [-0.05, 0) is 24.1 Å². The molecule has 1 aliphatic rings. The molecular weight excluding hydrogens is 258 g/mol. The lowest BCUT2D eigenvalue weighted by molar-refractivity contribution is 0.0369. The molecule has 0 saturated carbocycles. The van der Waals surface area contributed by atoms with E-state index in [4.69, 9.17) is 4.74 Å². The number of benzene rings is 2. The minimum absolute atomic E-state index is 0.482. The molecule has 0 bridgehead atoms. The van der Waals surface area contributed by atoms with E-state index in [-0.39, 0.29) is 0 Å². The Labute approximate surface area is 127 Å². The Kier molecular flexibility index (Phi) is 5.03. The maximum Gasteiger partial charge on any atom is 0.0594 e. The Balaban J connectivity index is 1.73. The summed E-state index contributed by atoms with van der Waals surface area (Å²) >= 11 is 0. The molecule has 1 saturated heterocycles. The summed E-state index contributed by atoms with van der Waals surface area (Å²) in [5.41, 5.74) is 2.83. The van der Waals surface area contributed by atoms with Crippen molar-refractivity contribution in [1.29, 1.82) is 0 Å². The molecule has 0 N–H and O–H groups in total. The molecule has 3 rings (SSSR count). The Morgan fingerprint density at radius 3 is 1.86 bits per heavy atom. The lowest BCUT2D eigenvalue weighted by atomic mass is 9.88. The Morgan fingerprint density at radius 2 is 1.33 bits per heavy atom. The largest absolute Gasteiger partial charge is 0.379 e. The van der Waals surface area contributed by atoms with Crippen LogP contribution in [0.1, 0.15) is 23.5 Å². The van der Waals surface area contributed by atoms with Crippen molar-refractivity contribution in [2.75, 3.05) is 32.8 Å². The standard InChI is InChI=1S/C19H23NO/c1-3-7-17(8-4-1)19(18-9-5-2-6-10-18)11-12-20-13-15-21-16-14-20/h1-10,19H,11-16H2. The second kappa shape index (κ2) is 7.39. The van der Waals surface area contributed by atoms with Crippen molar-refractivity contribution in [1.82, 2.24) is 4.90 Å². The van der Waals surface area contributed by atoms with Crippen molar-refractivity contribution in [3.8, 4) is 0 Å². The van der Waals surface area contributed by atoms with E-state index in [2.05, 4.69) is 65.6 Å². The molecule has 0 radical (unpaired) electrons. The van der Waals surface area contributed by atoms with E-state index in [1.165, 1.54) is 11.1 Å². The molecule has 0 unspecified atom stereocenters. The van der Waals surface area contributed by atoms with Gasteiger partial charge < -0.3 is 4.74 Å². The molecular formula is C19H23NO. The van der Waals surface area contributed by atoms with E-state index < -0.39 is 0 Å². The van der Waals surface area contributed by atoms with E-state index in [1.807, 2.05) is 0 Å². The van der Waals surface area contributed by atoms with Gasteiger partial charge in [0.15, 0.2) is 0 Å². The quantitative estimate of drug-likeness (QED) is 0.831. The molecule has 21 heavy (non-hydrogen) atoms. The van der Waals surface area contributed by atoms with Crippen LogP contribution in [0, 0.1) is 0 Å². The van der Waals surface area contributed by atoms with Gasteiger partial charge in [-0.25, -0.2) is 0 Å². The minimum atomic E-state index is 0.482. The van der Waals surface area contributed by atoms with Gasteiger partial charge in [0.05, 0.1) is 13.2 Å². The van der Waals surface area contributed by atoms with Crippen LogP contribution in [0.15, 0.2) is 60.7 Å². The van der Waals surface area contributed by atoms with E-state index in [9.17, 15) is 0 Å². The number of nitrogens with zero attached hydrogens (tertiary/aromatic N) is 1. The van der Waals surface area contributed by atoms with Crippen molar-refractivity contribution in [3.63, 3.8) is 0 Å². The Hall–Kier alpha value is -1.64. The Morgan fingerprint density at radius 1 is 0.810 bits per heavy atom. The summed E-state index contributed by atoms with van der Waals surface area (Å²) in [6.45, 7) is 5.02. The average molecular weight is 281 g/mol. The molecule has 1 aliphatic heterocycles. The van der Waals surface area contributed by atoms with Gasteiger partial charge in [0.1, 0.15) is 0 Å². The van der Waals surface area contributed by atoms with Gasteiger partial charge in [0, 0.05) is 19.0 Å². The van der Waals surface area contributed by atoms with Crippen molar-refractivity contribution in [2.24, 2.45) is 0 Å². The van der Waals surface area contributed by atoms with Crippen molar-refractivity contribution in [2.45, 2.75) is 12.3 Å². The van der Waals surface area contributed by atoms with Gasteiger partial charge in [0.2, 0.25) is 0 Å². The topological polar surface area (TPSA) is 12.5 Å². The number of ether oxygens (including phenoxy) is 1. The average Bonchev–Trinajstić information content (AvgIpc) is 2.58. The second-order valence-corrected chi connectivity index (χ2v) is 5.62. The van der Waals surface area contributed by atoms with E-state index in [1.54, 1.807) is 0 Å². The van der Waals surface area contributed by atoms with Crippen LogP contribution in [-0.4, -0.2) is 37.7 Å². The van der Waals surface area contributed by atoms with Gasteiger partial charge in [-0.1, -0.05) is 60.7 Å². The summed E-state index contributed by atoms with van der Waals surface area (Å²) in [6.07, 6.45) is 1.16. The maximum absolute atomic E-state index is 5.43. The minimum Gasteiger partial charge on any atom is -0.379 e. The SMILES string of the molecule is c1ccc(C(CCN2CCOCC2)c2ccccc2)cc1. The highest BCUT2D eigenvalue weighted by molar-refractivity contribution is 5.32. The lowest BCUT2D eigenvalue weighted by Gasteiger charge is -2.28. The summed E-state index contributed by atoms with van der Waals surface area (Å²) in [6, 6.07) is 21.7. The van der Waals surface area contributed by atoms with Gasteiger partial charge >= 0.3 is 0 Å². The second-order valence-electron chi connectivity index (χ2n) is 5.62. The first kappa shape index (κ1) is 14.3. The van der Waals surface area contributed by atoms with Crippen LogP contribution in [0.2, 0.25) is 0 Å². The lowest BCUT2D eigenvalue weighted by Crippen LogP contribution is -2.37. The van der Waals surface area contributed by atoms with Crippen LogP contribution < -0.4 is 0 Å². The fraction of sp³-hybridized carbons (Fsp3) is 0.368. The summed E-state index contributed by atoms with van der Waals surface area (Å²) < 4.78 is 5.43. The predicted octanol–water partition coefficient (Wildman–Crippen LogP) is 3.54. The fourth-order valence-electron chi connectivity index (χ4n) is 3.03. The third kappa shape index (κ3) is 3.93. The van der Waals surface area contributed by atoms with E-state index in [0.29, 0.717) is 5.92 Å². The highest BCUT2D eigenvalue weighted by Crippen LogP contribution is 2.28. The molecule has 0 atom stereocenters. The van der Waals surface area contributed by atoms with Crippen LogP contribution in [0.3, 0.4) is 0 Å². The van der Waals surface area contributed by atoms with E-state index in [0.717, 1.165) is 39.3 Å². The monoisotopic (exact) mass is 281 g/mol. The van der Waals surface area contributed by atoms with Gasteiger partial charge in [-0.2, -0.15) is 0 Å². The molecule has 2 heteroatoms. The first-order valence-corrected chi connectivity index (χ1v) is 7.83. The zero-order chi connectivity index (χ0) is 14.3. The first-order valence-electron chi connectivity index (χ1n) is 7.83. The van der Waals surface area contributed by atoms with Crippen molar-refractivity contribution < 1.29 is 4.74 Å². The van der Waals surface area contributed by atoms with Gasteiger partial charge in [-0.3, -0.25) is 4.90 Å². The van der Waals surface area contributed by atoms with Crippen LogP contribution in [0.4, 0.5) is 0 Å². The van der Waals surface area contributed by atoms with Gasteiger partial charge in [0.25, 0.3) is 0 Å². The van der Waals surface area contributed by atoms with E-state index >= 15 is 0 Å². The smallest absolute Gasteiger partial charge is 0.0594 e. The fourth-order valence-corrected chi connectivity index (χ4v) is 3.03.